The highest BCUT2D eigenvalue weighted by atomic mass is 35.5. The van der Waals surface area contributed by atoms with Gasteiger partial charge in [0.2, 0.25) is 0 Å². The van der Waals surface area contributed by atoms with E-state index in [0.717, 1.165) is 34.2 Å². The second-order valence-corrected chi connectivity index (χ2v) is 6.57. The smallest absolute Gasteiger partial charge is 0.152 e. The Kier molecular flexibility index (Phi) is 5.57. The summed E-state index contributed by atoms with van der Waals surface area (Å²) in [5, 5.41) is 15.7. The number of anilines is 1. The van der Waals surface area contributed by atoms with Crippen molar-refractivity contribution in [3.05, 3.63) is 64.1 Å². The third-order valence-corrected chi connectivity index (χ3v) is 4.52. The van der Waals surface area contributed by atoms with Crippen molar-refractivity contribution in [2.45, 2.75) is 19.9 Å². The first-order valence-corrected chi connectivity index (χ1v) is 8.91. The van der Waals surface area contributed by atoms with Gasteiger partial charge < -0.3 is 15.2 Å². The molecule has 3 aromatic carbocycles. The molecule has 3 nitrogen and oxygen atoms in total. The van der Waals surface area contributed by atoms with Crippen LogP contribution >= 0.6 is 23.2 Å². The number of aromatic hydroxyl groups is 1. The van der Waals surface area contributed by atoms with Crippen LogP contribution in [-0.2, 0) is 6.54 Å². The van der Waals surface area contributed by atoms with Crippen LogP contribution in [0.2, 0.25) is 10.0 Å². The van der Waals surface area contributed by atoms with Gasteiger partial charge in [-0.1, -0.05) is 60.5 Å². The van der Waals surface area contributed by atoms with Gasteiger partial charge in [0, 0.05) is 17.8 Å². The van der Waals surface area contributed by atoms with Gasteiger partial charge in [-0.15, -0.1) is 0 Å². The predicted octanol–water partition coefficient (Wildman–Crippen LogP) is 6.25. The summed E-state index contributed by atoms with van der Waals surface area (Å²) >= 11 is 12.0. The average Bonchev–Trinajstić information content (AvgIpc) is 2.62. The van der Waals surface area contributed by atoms with E-state index in [1.807, 2.05) is 18.2 Å². The molecule has 0 spiro atoms. The van der Waals surface area contributed by atoms with Crippen LogP contribution in [0.4, 0.5) is 5.69 Å². The lowest BCUT2D eigenvalue weighted by atomic mass is 10.0. The normalized spacial score (nSPS) is 10.8. The average molecular weight is 376 g/mol. The largest absolute Gasteiger partial charge is 0.505 e. The Morgan fingerprint density at radius 3 is 2.48 bits per heavy atom. The summed E-state index contributed by atoms with van der Waals surface area (Å²) in [6, 6.07) is 15.6. The van der Waals surface area contributed by atoms with Gasteiger partial charge in [0.25, 0.3) is 0 Å². The molecule has 130 valence electrons. The molecular weight excluding hydrogens is 357 g/mol. The fourth-order valence-electron chi connectivity index (χ4n) is 2.70. The summed E-state index contributed by atoms with van der Waals surface area (Å²) in [6.45, 7) is 3.31. The van der Waals surface area contributed by atoms with E-state index < -0.39 is 0 Å². The van der Waals surface area contributed by atoms with E-state index in [2.05, 4.69) is 30.4 Å². The third kappa shape index (κ3) is 3.94. The van der Waals surface area contributed by atoms with Crippen LogP contribution in [0.3, 0.4) is 0 Å². The number of nitrogens with one attached hydrogen (secondary N) is 1. The highest BCUT2D eigenvalue weighted by Crippen LogP contribution is 2.35. The molecule has 0 fully saturated rings. The first-order valence-electron chi connectivity index (χ1n) is 8.15. The fraction of sp³-hybridized carbons (Fsp3) is 0.200. The third-order valence-electron chi connectivity index (χ3n) is 3.95. The van der Waals surface area contributed by atoms with Crippen LogP contribution in [0.5, 0.6) is 11.5 Å². The fourth-order valence-corrected chi connectivity index (χ4v) is 3.19. The molecule has 2 N–H and O–H groups in total. The minimum absolute atomic E-state index is 0.106. The summed E-state index contributed by atoms with van der Waals surface area (Å²) in [6.07, 6.45) is 0.947. The first-order chi connectivity index (χ1) is 12.1. The van der Waals surface area contributed by atoms with Crippen molar-refractivity contribution in [2.75, 3.05) is 11.9 Å². The second-order valence-electron chi connectivity index (χ2n) is 5.75. The summed E-state index contributed by atoms with van der Waals surface area (Å²) in [4.78, 5) is 0. The molecule has 0 amide bonds. The lowest BCUT2D eigenvalue weighted by Crippen LogP contribution is -2.05. The molecule has 0 atom stereocenters. The quantitative estimate of drug-likeness (QED) is 0.500. The van der Waals surface area contributed by atoms with E-state index in [0.29, 0.717) is 13.2 Å². The van der Waals surface area contributed by atoms with E-state index in [1.54, 1.807) is 12.1 Å². The van der Waals surface area contributed by atoms with Gasteiger partial charge in [-0.05, 0) is 35.4 Å². The predicted molar refractivity (Wildman–Crippen MR) is 105 cm³/mol. The van der Waals surface area contributed by atoms with Gasteiger partial charge >= 0.3 is 0 Å². The molecule has 0 saturated heterocycles. The van der Waals surface area contributed by atoms with Crippen molar-refractivity contribution in [3.63, 3.8) is 0 Å². The molecule has 0 saturated carbocycles. The van der Waals surface area contributed by atoms with Gasteiger partial charge in [0.05, 0.1) is 16.7 Å². The second kappa shape index (κ2) is 7.85. The lowest BCUT2D eigenvalue weighted by molar-refractivity contribution is 0.315. The summed E-state index contributed by atoms with van der Waals surface area (Å²) in [5.74, 6) is 0.759. The SMILES string of the molecule is CCCOc1ccc2ccccc2c1CNc1cc(Cl)c(O)c(Cl)c1. The zero-order valence-electron chi connectivity index (χ0n) is 13.9. The Labute approximate surface area is 157 Å². The van der Waals surface area contributed by atoms with E-state index in [4.69, 9.17) is 27.9 Å². The van der Waals surface area contributed by atoms with Crippen LogP contribution < -0.4 is 10.1 Å². The Morgan fingerprint density at radius 2 is 1.76 bits per heavy atom. The molecule has 0 heterocycles. The lowest BCUT2D eigenvalue weighted by Gasteiger charge is -2.16. The monoisotopic (exact) mass is 375 g/mol. The van der Waals surface area contributed by atoms with E-state index >= 15 is 0 Å². The number of ether oxygens (including phenoxy) is 1. The standard InChI is InChI=1S/C20H19Cl2NO2/c1-2-9-25-19-8-7-13-5-3-4-6-15(13)16(19)12-23-14-10-17(21)20(24)18(22)11-14/h3-8,10-11,23-24H,2,9,12H2,1H3. The Morgan fingerprint density at radius 1 is 1.04 bits per heavy atom. The van der Waals surface area contributed by atoms with E-state index in [1.165, 1.54) is 0 Å². The van der Waals surface area contributed by atoms with Crippen molar-refractivity contribution in [3.8, 4) is 11.5 Å². The number of phenols is 1. The van der Waals surface area contributed by atoms with Gasteiger partial charge in [0.15, 0.2) is 5.75 Å². The van der Waals surface area contributed by atoms with Crippen molar-refractivity contribution in [2.24, 2.45) is 0 Å². The number of phenolic OH excluding ortho intramolecular Hbond substituents is 1. The number of hydrogen-bond donors (Lipinski definition) is 2. The number of halogens is 2. The number of rotatable bonds is 6. The van der Waals surface area contributed by atoms with E-state index in [-0.39, 0.29) is 15.8 Å². The molecule has 0 bridgehead atoms. The molecular formula is C20H19Cl2NO2. The molecule has 0 aliphatic carbocycles. The van der Waals surface area contributed by atoms with Crippen LogP contribution in [0, 0.1) is 0 Å². The van der Waals surface area contributed by atoms with Crippen LogP contribution in [0.15, 0.2) is 48.5 Å². The van der Waals surface area contributed by atoms with Gasteiger partial charge in [-0.2, -0.15) is 0 Å². The number of benzene rings is 3. The molecule has 5 heteroatoms. The molecule has 3 aromatic rings. The van der Waals surface area contributed by atoms with Crippen LogP contribution in [-0.4, -0.2) is 11.7 Å². The van der Waals surface area contributed by atoms with Gasteiger partial charge in [0.1, 0.15) is 5.75 Å². The maximum Gasteiger partial charge on any atom is 0.152 e. The van der Waals surface area contributed by atoms with Crippen LogP contribution in [0.1, 0.15) is 18.9 Å². The van der Waals surface area contributed by atoms with Crippen molar-refractivity contribution in [1.29, 1.82) is 0 Å². The maximum atomic E-state index is 9.69. The Bertz CT molecular complexity index is 873. The molecule has 0 aliphatic rings. The maximum absolute atomic E-state index is 9.69. The highest BCUT2D eigenvalue weighted by molar-refractivity contribution is 6.37. The van der Waals surface area contributed by atoms with Crippen molar-refractivity contribution >= 4 is 39.7 Å². The number of hydrogen-bond acceptors (Lipinski definition) is 3. The van der Waals surface area contributed by atoms with Gasteiger partial charge in [-0.25, -0.2) is 0 Å². The van der Waals surface area contributed by atoms with E-state index in [9.17, 15) is 5.11 Å². The molecule has 0 aromatic heterocycles. The van der Waals surface area contributed by atoms with Crippen LogP contribution in [0.25, 0.3) is 10.8 Å². The summed E-state index contributed by atoms with van der Waals surface area (Å²) in [5.41, 5.74) is 1.81. The summed E-state index contributed by atoms with van der Waals surface area (Å²) in [7, 11) is 0. The van der Waals surface area contributed by atoms with Gasteiger partial charge in [-0.3, -0.25) is 0 Å². The van der Waals surface area contributed by atoms with Crippen molar-refractivity contribution < 1.29 is 9.84 Å². The molecule has 0 radical (unpaired) electrons. The zero-order chi connectivity index (χ0) is 17.8. The first kappa shape index (κ1) is 17.7. The Hall–Kier alpha value is -2.10. The molecule has 3 rings (SSSR count). The molecule has 25 heavy (non-hydrogen) atoms. The zero-order valence-corrected chi connectivity index (χ0v) is 15.4. The Balaban J connectivity index is 1.93. The minimum atomic E-state index is -0.106. The topological polar surface area (TPSA) is 41.5 Å². The molecule has 0 unspecified atom stereocenters. The highest BCUT2D eigenvalue weighted by Gasteiger charge is 2.11. The van der Waals surface area contributed by atoms with Crippen molar-refractivity contribution in [1.82, 2.24) is 0 Å². The summed E-state index contributed by atoms with van der Waals surface area (Å²) < 4.78 is 5.92. The minimum Gasteiger partial charge on any atom is -0.505 e. The number of fused-ring (bicyclic) bond motifs is 1. The molecule has 0 aliphatic heterocycles.